The maximum absolute atomic E-state index is 13.5. The molecule has 0 aromatic heterocycles. The number of hydrogen-bond donors (Lipinski definition) is 13. The van der Waals surface area contributed by atoms with Crippen molar-refractivity contribution in [1.82, 2.24) is 42.5 Å². The topological polar surface area (TPSA) is 380 Å². The van der Waals surface area contributed by atoms with Crippen molar-refractivity contribution in [3.63, 3.8) is 0 Å². The van der Waals surface area contributed by atoms with Crippen LogP contribution < -0.4 is 54.0 Å². The van der Waals surface area contributed by atoms with Gasteiger partial charge in [0.05, 0.1) is 12.6 Å². The van der Waals surface area contributed by atoms with Crippen molar-refractivity contribution in [2.24, 2.45) is 23.3 Å². The number of aliphatic carboxylic acids is 1. The highest BCUT2D eigenvalue weighted by atomic mass is 16.4. The Bertz CT molecular complexity index is 1530. The number of aliphatic hydroxyl groups is 2. The van der Waals surface area contributed by atoms with Gasteiger partial charge in [-0.05, 0) is 71.3 Å². The van der Waals surface area contributed by atoms with Gasteiger partial charge in [-0.3, -0.25) is 43.2 Å². The van der Waals surface area contributed by atoms with Gasteiger partial charge < -0.3 is 69.3 Å². The smallest absolute Gasteiger partial charge is 0.326 e. The molecule has 9 amide bonds. The van der Waals surface area contributed by atoms with Crippen molar-refractivity contribution in [2.45, 2.75) is 155 Å². The number of carbonyl (C=O) groups excluding carboxylic acids is 9. The van der Waals surface area contributed by atoms with E-state index < -0.39 is 132 Å². The van der Waals surface area contributed by atoms with Gasteiger partial charge in [-0.1, -0.05) is 41.0 Å². The Morgan fingerprint density at radius 3 is 1.57 bits per heavy atom. The fourth-order valence-electron chi connectivity index (χ4n) is 5.47. The van der Waals surface area contributed by atoms with Crippen LogP contribution in [0.1, 0.15) is 100 Å². The fourth-order valence-corrected chi connectivity index (χ4v) is 5.47. The average molecular weight is 873 g/mol. The molecule has 0 rings (SSSR count). The summed E-state index contributed by atoms with van der Waals surface area (Å²) in [6.45, 7) is 11.7. The molecule has 0 aliphatic heterocycles. The molecule has 61 heavy (non-hydrogen) atoms. The standard InChI is InChI=1S/C38H68N10O13/c1-9-19(5)29(47-36(58)28(18(3)4)46-32(54)21(7)42-34(56)25(50)10-2)35(57)41-17-27(52)44-23(13-11-12-16-39)33(55)48-30(22(8)49)37(59)43-20(6)31(53)45-24(38(60)61)14-15-26(40)51/h18-25,28-30,49-50H,9-17,39H2,1-8H3,(H2,40,51)(H,41,57)(H,42,56)(H,43,59)(H,44,52)(H,45,53)(H,46,54)(H,47,58)(H,48,55)(H,60,61)/t19-,20-,21-,22+,23-,24-,25?,28-,29-,30-/m0/s1. The molecule has 0 aromatic rings. The summed E-state index contributed by atoms with van der Waals surface area (Å²) < 4.78 is 0. The molecule has 0 bridgehead atoms. The number of carboxylic acid groups (broad SMARTS) is 1. The summed E-state index contributed by atoms with van der Waals surface area (Å²) in [5.41, 5.74) is 10.7. The molecule has 0 fully saturated rings. The van der Waals surface area contributed by atoms with Gasteiger partial charge >= 0.3 is 5.97 Å². The summed E-state index contributed by atoms with van der Waals surface area (Å²) >= 11 is 0. The molecule has 0 spiro atoms. The minimum absolute atomic E-state index is 0.0207. The Hall–Kier alpha value is -5.42. The van der Waals surface area contributed by atoms with E-state index in [4.69, 9.17) is 11.5 Å². The van der Waals surface area contributed by atoms with Gasteiger partial charge in [-0.25, -0.2) is 4.79 Å². The lowest BCUT2D eigenvalue weighted by molar-refractivity contribution is -0.142. The van der Waals surface area contributed by atoms with Crippen LogP contribution in [0.5, 0.6) is 0 Å². The van der Waals surface area contributed by atoms with Crippen LogP contribution in [-0.4, -0.2) is 142 Å². The van der Waals surface area contributed by atoms with Crippen LogP contribution in [0, 0.1) is 11.8 Å². The molecule has 0 aromatic carbocycles. The van der Waals surface area contributed by atoms with Crippen molar-refractivity contribution >= 4 is 59.1 Å². The lowest BCUT2D eigenvalue weighted by Gasteiger charge is -2.29. The largest absolute Gasteiger partial charge is 0.480 e. The Labute approximate surface area is 355 Å². The summed E-state index contributed by atoms with van der Waals surface area (Å²) in [7, 11) is 0. The molecule has 23 nitrogen and oxygen atoms in total. The Morgan fingerprint density at radius 2 is 1.08 bits per heavy atom. The highest BCUT2D eigenvalue weighted by Crippen LogP contribution is 2.11. The van der Waals surface area contributed by atoms with Crippen LogP contribution >= 0.6 is 0 Å². The van der Waals surface area contributed by atoms with Gasteiger partial charge in [0, 0.05) is 6.42 Å². The van der Waals surface area contributed by atoms with Crippen molar-refractivity contribution in [3.05, 3.63) is 0 Å². The lowest BCUT2D eigenvalue weighted by Crippen LogP contribution is -2.60. The fraction of sp³-hybridized carbons (Fsp3) is 0.737. The maximum Gasteiger partial charge on any atom is 0.326 e. The average Bonchev–Trinajstić information content (AvgIpc) is 3.19. The highest BCUT2D eigenvalue weighted by molar-refractivity contribution is 5.97. The monoisotopic (exact) mass is 872 g/mol. The normalized spacial score (nSPS) is 16.0. The first-order valence-corrected chi connectivity index (χ1v) is 20.4. The zero-order chi connectivity index (χ0) is 47.1. The number of nitrogens with one attached hydrogen (secondary N) is 8. The summed E-state index contributed by atoms with van der Waals surface area (Å²) in [5.74, 6) is -9.82. The number of unbranched alkanes of at least 4 members (excludes halogenated alkanes) is 1. The molecule has 0 radical (unpaired) electrons. The van der Waals surface area contributed by atoms with E-state index in [1.165, 1.54) is 20.8 Å². The number of rotatable bonds is 29. The minimum Gasteiger partial charge on any atom is -0.480 e. The van der Waals surface area contributed by atoms with E-state index in [2.05, 4.69) is 42.5 Å². The first kappa shape index (κ1) is 55.6. The number of carboxylic acids is 1. The number of amides is 9. The predicted molar refractivity (Wildman–Crippen MR) is 219 cm³/mol. The second-order valence-corrected chi connectivity index (χ2v) is 15.2. The quantitative estimate of drug-likeness (QED) is 0.0318. The molecular weight excluding hydrogens is 804 g/mol. The third-order valence-electron chi connectivity index (χ3n) is 9.61. The lowest BCUT2D eigenvalue weighted by atomic mass is 9.96. The van der Waals surface area contributed by atoms with Crippen LogP contribution in [-0.2, 0) is 47.9 Å². The summed E-state index contributed by atoms with van der Waals surface area (Å²) in [6, 6.07) is -9.24. The summed E-state index contributed by atoms with van der Waals surface area (Å²) in [5, 5.41) is 48.8. The predicted octanol–water partition coefficient (Wildman–Crippen LogP) is -4.13. The number of primary amides is 1. The third kappa shape index (κ3) is 20.6. The second-order valence-electron chi connectivity index (χ2n) is 15.2. The van der Waals surface area contributed by atoms with E-state index >= 15 is 0 Å². The van der Waals surface area contributed by atoms with Crippen LogP contribution in [0.15, 0.2) is 0 Å². The van der Waals surface area contributed by atoms with E-state index in [0.717, 1.165) is 0 Å². The molecule has 0 aliphatic rings. The van der Waals surface area contributed by atoms with Crippen molar-refractivity contribution < 1.29 is 63.3 Å². The molecule has 0 saturated carbocycles. The number of nitrogens with two attached hydrogens (primary N) is 2. The van der Waals surface area contributed by atoms with E-state index in [1.807, 2.05) is 0 Å². The molecular formula is C38H68N10O13. The van der Waals surface area contributed by atoms with Gasteiger partial charge in [0.25, 0.3) is 0 Å². The first-order valence-electron chi connectivity index (χ1n) is 20.4. The van der Waals surface area contributed by atoms with Gasteiger partial charge in [0.15, 0.2) is 0 Å². The molecule has 348 valence electrons. The molecule has 1 unspecified atom stereocenters. The number of hydrogen-bond acceptors (Lipinski definition) is 13. The zero-order valence-electron chi connectivity index (χ0n) is 36.3. The summed E-state index contributed by atoms with van der Waals surface area (Å²) in [6.07, 6.45) is -2.14. The second kappa shape index (κ2) is 28.2. The number of carbonyl (C=O) groups is 10. The van der Waals surface area contributed by atoms with Gasteiger partial charge in [-0.2, -0.15) is 0 Å². The highest BCUT2D eigenvalue weighted by Gasteiger charge is 2.35. The summed E-state index contributed by atoms with van der Waals surface area (Å²) in [4.78, 5) is 127. The van der Waals surface area contributed by atoms with Crippen LogP contribution in [0.25, 0.3) is 0 Å². The molecule has 10 atom stereocenters. The van der Waals surface area contributed by atoms with E-state index in [9.17, 15) is 63.3 Å². The number of aliphatic hydroxyl groups excluding tert-OH is 2. The zero-order valence-corrected chi connectivity index (χ0v) is 36.3. The Balaban J connectivity index is 5.82. The first-order chi connectivity index (χ1) is 28.4. The van der Waals surface area contributed by atoms with E-state index in [0.29, 0.717) is 19.3 Å². The Kier molecular flexibility index (Phi) is 25.7. The van der Waals surface area contributed by atoms with Crippen LogP contribution in [0.4, 0.5) is 0 Å². The Morgan fingerprint density at radius 1 is 0.557 bits per heavy atom. The minimum atomic E-state index is -1.66. The van der Waals surface area contributed by atoms with Crippen molar-refractivity contribution in [2.75, 3.05) is 13.1 Å². The van der Waals surface area contributed by atoms with Crippen LogP contribution in [0.3, 0.4) is 0 Å². The van der Waals surface area contributed by atoms with Crippen LogP contribution in [0.2, 0.25) is 0 Å². The molecule has 0 aliphatic carbocycles. The SMILES string of the molecule is CCC(O)C(=O)N[C@@H](C)C(=O)N[C@H](C(=O)N[C@H](C(=O)NCC(=O)N[C@@H](CCCCN)C(=O)N[C@H](C(=O)N[C@@H](C)C(=O)N[C@@H](CCC(N)=O)C(=O)O)[C@@H](C)O)[C@@H](C)CC)C(C)C. The molecule has 0 heterocycles. The van der Waals surface area contributed by atoms with Crippen molar-refractivity contribution in [3.8, 4) is 0 Å². The molecule has 23 heteroatoms. The van der Waals surface area contributed by atoms with Gasteiger partial charge in [0.1, 0.15) is 48.4 Å². The molecule has 15 N–H and O–H groups in total. The van der Waals surface area contributed by atoms with Crippen molar-refractivity contribution in [1.29, 1.82) is 0 Å². The van der Waals surface area contributed by atoms with E-state index in [-0.39, 0.29) is 32.2 Å². The maximum atomic E-state index is 13.5. The van der Waals surface area contributed by atoms with Gasteiger partial charge in [-0.15, -0.1) is 0 Å². The van der Waals surface area contributed by atoms with Gasteiger partial charge in [0.2, 0.25) is 53.2 Å². The van der Waals surface area contributed by atoms with E-state index in [1.54, 1.807) is 34.6 Å². The molecule has 0 saturated heterocycles. The third-order valence-corrected chi connectivity index (χ3v) is 9.61.